The number of nitrogens with zero attached hydrogens (tertiary/aromatic N) is 1. The maximum absolute atomic E-state index is 12.6. The second kappa shape index (κ2) is 8.54. The molecule has 0 bridgehead atoms. The fourth-order valence-corrected chi connectivity index (χ4v) is 2.76. The lowest BCUT2D eigenvalue weighted by Crippen LogP contribution is -2.14. The number of ether oxygens (including phenoxy) is 1. The third-order valence-corrected chi connectivity index (χ3v) is 4.29. The Morgan fingerprint density at radius 2 is 1.82 bits per heavy atom. The summed E-state index contributed by atoms with van der Waals surface area (Å²) in [6.45, 7) is 1.88. The first-order chi connectivity index (χ1) is 13.5. The van der Waals surface area contributed by atoms with Crippen LogP contribution in [0.15, 0.2) is 60.8 Å². The maximum Gasteiger partial charge on any atom is 0.339 e. The Balaban J connectivity index is 1.82. The van der Waals surface area contributed by atoms with Crippen LogP contribution in [0.2, 0.25) is 5.02 Å². The van der Waals surface area contributed by atoms with Crippen LogP contribution < -0.4 is 10.6 Å². The Morgan fingerprint density at radius 3 is 2.61 bits per heavy atom. The molecule has 2 N–H and O–H groups in total. The van der Waals surface area contributed by atoms with Crippen molar-refractivity contribution in [3.8, 4) is 0 Å². The van der Waals surface area contributed by atoms with Gasteiger partial charge in [-0.05, 0) is 48.9 Å². The first-order valence-electron chi connectivity index (χ1n) is 8.46. The molecule has 1 heterocycles. The number of para-hydroxylation sites is 1. The van der Waals surface area contributed by atoms with Gasteiger partial charge in [-0.25, -0.2) is 4.79 Å². The molecule has 3 aromatic rings. The predicted octanol–water partition coefficient (Wildman–Crippen LogP) is 4.83. The van der Waals surface area contributed by atoms with Crippen molar-refractivity contribution in [2.75, 3.05) is 17.7 Å². The summed E-state index contributed by atoms with van der Waals surface area (Å²) in [6.07, 6.45) is 1.52. The van der Waals surface area contributed by atoms with Gasteiger partial charge in [-0.2, -0.15) is 0 Å². The molecule has 142 valence electrons. The third-order valence-electron chi connectivity index (χ3n) is 4.05. The number of methoxy groups -OCH3 is 1. The number of nitrogens with one attached hydrogen (secondary N) is 2. The molecule has 0 saturated heterocycles. The highest BCUT2D eigenvalue weighted by atomic mass is 35.5. The number of amides is 1. The highest BCUT2D eigenvalue weighted by Crippen LogP contribution is 2.23. The van der Waals surface area contributed by atoms with Crippen LogP contribution in [-0.2, 0) is 4.74 Å². The van der Waals surface area contributed by atoms with Crippen LogP contribution in [0.4, 0.5) is 17.1 Å². The van der Waals surface area contributed by atoms with E-state index in [-0.39, 0.29) is 11.6 Å². The van der Waals surface area contributed by atoms with Gasteiger partial charge in [0.25, 0.3) is 5.91 Å². The predicted molar refractivity (Wildman–Crippen MR) is 109 cm³/mol. The minimum Gasteiger partial charge on any atom is -0.465 e. The summed E-state index contributed by atoms with van der Waals surface area (Å²) >= 11 is 6.00. The third kappa shape index (κ3) is 4.47. The molecule has 0 aliphatic rings. The Morgan fingerprint density at radius 1 is 1.04 bits per heavy atom. The zero-order valence-corrected chi connectivity index (χ0v) is 16.1. The van der Waals surface area contributed by atoms with Gasteiger partial charge >= 0.3 is 5.97 Å². The Bertz CT molecular complexity index is 1040. The number of aryl methyl sites for hydroxylation is 1. The van der Waals surface area contributed by atoms with Crippen molar-refractivity contribution in [1.29, 1.82) is 0 Å². The van der Waals surface area contributed by atoms with Crippen LogP contribution in [0.1, 0.15) is 26.4 Å². The highest BCUT2D eigenvalue weighted by Gasteiger charge is 2.13. The van der Waals surface area contributed by atoms with Gasteiger partial charge in [0.05, 0.1) is 18.4 Å². The first kappa shape index (κ1) is 19.4. The molecule has 0 atom stereocenters. The lowest BCUT2D eigenvalue weighted by Gasteiger charge is -2.12. The number of anilines is 3. The molecule has 0 aliphatic heterocycles. The van der Waals surface area contributed by atoms with E-state index < -0.39 is 5.97 Å². The normalized spacial score (nSPS) is 10.2. The van der Waals surface area contributed by atoms with E-state index in [1.165, 1.54) is 13.3 Å². The lowest BCUT2D eigenvalue weighted by molar-refractivity contribution is 0.0601. The number of pyridine rings is 1. The second-order valence-corrected chi connectivity index (χ2v) is 6.44. The Labute approximate surface area is 167 Å². The molecule has 0 radical (unpaired) electrons. The van der Waals surface area contributed by atoms with Crippen LogP contribution in [0.3, 0.4) is 0 Å². The van der Waals surface area contributed by atoms with Crippen LogP contribution in [-0.4, -0.2) is 24.0 Å². The highest BCUT2D eigenvalue weighted by molar-refractivity contribution is 6.31. The quantitative estimate of drug-likeness (QED) is 0.605. The number of hydrogen-bond acceptors (Lipinski definition) is 5. The number of esters is 1. The summed E-state index contributed by atoms with van der Waals surface area (Å²) in [4.78, 5) is 28.6. The van der Waals surface area contributed by atoms with Gasteiger partial charge in [0.1, 0.15) is 5.69 Å². The minimum absolute atomic E-state index is 0.222. The fraction of sp³-hybridized carbons (Fsp3) is 0.0952. The smallest absolute Gasteiger partial charge is 0.339 e. The Hall–Kier alpha value is -3.38. The Kier molecular flexibility index (Phi) is 5.91. The number of halogens is 1. The van der Waals surface area contributed by atoms with Crippen molar-refractivity contribution in [3.05, 3.63) is 82.6 Å². The van der Waals surface area contributed by atoms with E-state index in [9.17, 15) is 9.59 Å². The average Bonchev–Trinajstić information content (AvgIpc) is 2.70. The topological polar surface area (TPSA) is 80.3 Å². The van der Waals surface area contributed by atoms with E-state index >= 15 is 0 Å². The number of rotatable bonds is 5. The molecule has 28 heavy (non-hydrogen) atoms. The van der Waals surface area contributed by atoms with Gasteiger partial charge in [-0.3, -0.25) is 9.78 Å². The molecule has 0 unspecified atom stereocenters. The summed E-state index contributed by atoms with van der Waals surface area (Å²) in [7, 11) is 1.33. The van der Waals surface area contributed by atoms with Crippen LogP contribution in [0.25, 0.3) is 0 Å². The molecular weight excluding hydrogens is 378 g/mol. The summed E-state index contributed by atoms with van der Waals surface area (Å²) < 4.78 is 4.80. The van der Waals surface area contributed by atoms with Crippen LogP contribution in [0.5, 0.6) is 0 Å². The van der Waals surface area contributed by atoms with Gasteiger partial charge < -0.3 is 15.4 Å². The molecule has 3 rings (SSSR count). The van der Waals surface area contributed by atoms with Crippen molar-refractivity contribution in [2.45, 2.75) is 6.92 Å². The largest absolute Gasteiger partial charge is 0.465 e. The van der Waals surface area contributed by atoms with E-state index in [2.05, 4.69) is 15.6 Å². The molecule has 2 aromatic carbocycles. The summed E-state index contributed by atoms with van der Waals surface area (Å²) in [6, 6.07) is 15.5. The maximum atomic E-state index is 12.6. The van der Waals surface area contributed by atoms with Gasteiger partial charge in [-0.15, -0.1) is 0 Å². The summed E-state index contributed by atoms with van der Waals surface area (Å²) in [5.74, 6) is -0.818. The summed E-state index contributed by atoms with van der Waals surface area (Å²) in [5, 5.41) is 6.47. The van der Waals surface area contributed by atoms with E-state index in [0.717, 1.165) is 5.56 Å². The van der Waals surface area contributed by atoms with E-state index in [4.69, 9.17) is 16.3 Å². The molecular formula is C21H18ClN3O3. The van der Waals surface area contributed by atoms with Gasteiger partial charge in [0.15, 0.2) is 0 Å². The van der Waals surface area contributed by atoms with Crippen LogP contribution in [0, 0.1) is 6.92 Å². The lowest BCUT2D eigenvalue weighted by atomic mass is 10.1. The fourth-order valence-electron chi connectivity index (χ4n) is 2.58. The van der Waals surface area contributed by atoms with Gasteiger partial charge in [-0.1, -0.05) is 29.8 Å². The number of hydrogen-bond donors (Lipinski definition) is 2. The van der Waals surface area contributed by atoms with Crippen molar-refractivity contribution >= 4 is 40.5 Å². The first-order valence-corrected chi connectivity index (χ1v) is 8.83. The molecule has 1 amide bonds. The zero-order valence-electron chi connectivity index (χ0n) is 15.3. The van der Waals surface area contributed by atoms with Crippen molar-refractivity contribution in [1.82, 2.24) is 4.98 Å². The molecule has 0 aliphatic carbocycles. The number of carbonyl (C=O) groups is 2. The minimum atomic E-state index is -0.452. The number of aromatic nitrogens is 1. The molecule has 0 saturated carbocycles. The monoisotopic (exact) mass is 395 g/mol. The second-order valence-electron chi connectivity index (χ2n) is 6.01. The standard InChI is InChI=1S/C21H18ClN3O3/c1-13-7-8-14(22)11-18(13)25-20(26)19-12-15(9-10-23-19)24-17-6-4-3-5-16(17)21(27)28-2/h3-12H,1-2H3,(H,23,24)(H,25,26). The SMILES string of the molecule is COC(=O)c1ccccc1Nc1ccnc(C(=O)Nc2cc(Cl)ccc2C)c1. The van der Waals surface area contributed by atoms with Crippen molar-refractivity contribution in [2.24, 2.45) is 0 Å². The molecule has 0 spiro atoms. The molecule has 6 nitrogen and oxygen atoms in total. The van der Waals surface area contributed by atoms with Gasteiger partial charge in [0.2, 0.25) is 0 Å². The van der Waals surface area contributed by atoms with E-state index in [0.29, 0.717) is 27.6 Å². The summed E-state index contributed by atoms with van der Waals surface area (Å²) in [5.41, 5.74) is 3.30. The average molecular weight is 396 g/mol. The number of carbonyl (C=O) groups excluding carboxylic acids is 2. The van der Waals surface area contributed by atoms with E-state index in [1.54, 1.807) is 48.5 Å². The van der Waals surface area contributed by atoms with Crippen molar-refractivity contribution in [3.63, 3.8) is 0 Å². The van der Waals surface area contributed by atoms with Gasteiger partial charge in [0, 0.05) is 22.6 Å². The van der Waals surface area contributed by atoms with Crippen LogP contribution >= 0.6 is 11.6 Å². The zero-order chi connectivity index (χ0) is 20.1. The van der Waals surface area contributed by atoms with E-state index in [1.807, 2.05) is 13.0 Å². The molecule has 7 heteroatoms. The molecule has 1 aromatic heterocycles. The van der Waals surface area contributed by atoms with Crippen molar-refractivity contribution < 1.29 is 14.3 Å². The molecule has 0 fully saturated rings. The number of benzene rings is 2.